The van der Waals surface area contributed by atoms with Gasteiger partial charge in [0.1, 0.15) is 5.56 Å². The summed E-state index contributed by atoms with van der Waals surface area (Å²) in [4.78, 5) is 25.1. The second-order valence-corrected chi connectivity index (χ2v) is 4.50. The molecule has 2 aromatic rings. The summed E-state index contributed by atoms with van der Waals surface area (Å²) in [7, 11) is 0. The highest BCUT2D eigenvalue weighted by molar-refractivity contribution is 5.66. The van der Waals surface area contributed by atoms with Gasteiger partial charge in [0.15, 0.2) is 5.43 Å². The molecule has 20 heavy (non-hydrogen) atoms. The second-order valence-electron chi connectivity index (χ2n) is 4.50. The van der Waals surface area contributed by atoms with Crippen molar-refractivity contribution in [2.75, 3.05) is 0 Å². The molecule has 0 bridgehead atoms. The van der Waals surface area contributed by atoms with Crippen molar-refractivity contribution in [3.8, 4) is 11.5 Å². The highest BCUT2D eigenvalue weighted by Gasteiger charge is 2.12. The van der Waals surface area contributed by atoms with Crippen LogP contribution in [0.4, 0.5) is 0 Å². The van der Waals surface area contributed by atoms with Crippen LogP contribution < -0.4 is 5.43 Å². The van der Waals surface area contributed by atoms with Gasteiger partial charge in [-0.25, -0.2) is 0 Å². The number of nitrogens with zero attached hydrogens (tertiary/aromatic N) is 2. The van der Waals surface area contributed by atoms with Crippen molar-refractivity contribution in [1.82, 2.24) is 15.2 Å². The molecule has 0 radical (unpaired) electrons. The number of pyridine rings is 1. The normalized spacial score (nSPS) is 10.7. The van der Waals surface area contributed by atoms with Gasteiger partial charge < -0.3 is 14.5 Å². The molecule has 2 N–H and O–H groups in total. The van der Waals surface area contributed by atoms with E-state index in [-0.39, 0.29) is 17.7 Å². The van der Waals surface area contributed by atoms with Crippen molar-refractivity contribution in [2.45, 2.75) is 32.6 Å². The minimum Gasteiger partial charge on any atom is -0.481 e. The molecule has 2 heterocycles. The van der Waals surface area contributed by atoms with Crippen molar-refractivity contribution in [3.63, 3.8) is 0 Å². The van der Waals surface area contributed by atoms with Gasteiger partial charge in [-0.2, -0.15) is 0 Å². The molecule has 0 aliphatic carbocycles. The first-order chi connectivity index (χ1) is 9.56. The molecule has 7 heteroatoms. The smallest absolute Gasteiger partial charge is 0.303 e. The van der Waals surface area contributed by atoms with Crippen LogP contribution in [0.3, 0.4) is 0 Å². The summed E-state index contributed by atoms with van der Waals surface area (Å²) in [5.74, 6) is -0.229. The Labute approximate surface area is 114 Å². The number of carboxylic acid groups (broad SMARTS) is 1. The SMILES string of the molecule is Cc1cc(=O)c(-c2nnc(CCCCC(=O)O)o2)c[nH]1. The molecule has 0 spiro atoms. The zero-order chi connectivity index (χ0) is 14.5. The summed E-state index contributed by atoms with van der Waals surface area (Å²) in [6.07, 6.45) is 3.37. The van der Waals surface area contributed by atoms with Crippen LogP contribution in [0.1, 0.15) is 30.8 Å². The first kappa shape index (κ1) is 14.0. The average molecular weight is 277 g/mol. The third-order valence-electron chi connectivity index (χ3n) is 2.79. The lowest BCUT2D eigenvalue weighted by Gasteiger charge is -1.96. The molecule has 0 atom stereocenters. The Kier molecular flexibility index (Phi) is 4.29. The number of carbonyl (C=O) groups is 1. The van der Waals surface area contributed by atoms with E-state index in [0.29, 0.717) is 30.7 Å². The van der Waals surface area contributed by atoms with Crippen LogP contribution in [-0.2, 0) is 11.2 Å². The zero-order valence-electron chi connectivity index (χ0n) is 11.0. The van der Waals surface area contributed by atoms with Crippen molar-refractivity contribution in [2.24, 2.45) is 0 Å². The summed E-state index contributed by atoms with van der Waals surface area (Å²) in [5, 5.41) is 16.2. The van der Waals surface area contributed by atoms with E-state index in [1.165, 1.54) is 6.07 Å². The van der Waals surface area contributed by atoms with Crippen LogP contribution in [0.2, 0.25) is 0 Å². The van der Waals surface area contributed by atoms with Crippen LogP contribution in [0.5, 0.6) is 0 Å². The number of H-pyrrole nitrogens is 1. The maximum atomic E-state index is 11.8. The predicted molar refractivity (Wildman–Crippen MR) is 70.3 cm³/mol. The summed E-state index contributed by atoms with van der Waals surface area (Å²) >= 11 is 0. The number of aromatic amines is 1. The van der Waals surface area contributed by atoms with E-state index in [1.54, 1.807) is 13.1 Å². The quantitative estimate of drug-likeness (QED) is 0.775. The molecular weight excluding hydrogens is 262 g/mol. The minimum absolute atomic E-state index is 0.124. The Hall–Kier alpha value is -2.44. The van der Waals surface area contributed by atoms with Gasteiger partial charge in [-0.05, 0) is 19.8 Å². The number of hydrogen-bond acceptors (Lipinski definition) is 5. The van der Waals surface area contributed by atoms with Crippen LogP contribution >= 0.6 is 0 Å². The Morgan fingerprint density at radius 2 is 2.20 bits per heavy atom. The third-order valence-corrected chi connectivity index (χ3v) is 2.79. The Bertz CT molecular complexity index is 660. The Morgan fingerprint density at radius 3 is 2.90 bits per heavy atom. The molecule has 0 aliphatic heterocycles. The van der Waals surface area contributed by atoms with E-state index < -0.39 is 5.97 Å². The molecule has 2 aromatic heterocycles. The average Bonchev–Trinajstić information content (AvgIpc) is 2.83. The maximum Gasteiger partial charge on any atom is 0.303 e. The van der Waals surface area contributed by atoms with Gasteiger partial charge in [-0.3, -0.25) is 9.59 Å². The molecule has 0 fully saturated rings. The van der Waals surface area contributed by atoms with Crippen molar-refractivity contribution in [1.29, 1.82) is 0 Å². The summed E-state index contributed by atoms with van der Waals surface area (Å²) in [6.45, 7) is 1.78. The highest BCUT2D eigenvalue weighted by atomic mass is 16.4. The fourth-order valence-corrected chi connectivity index (χ4v) is 1.76. The number of rotatable bonds is 6. The molecular formula is C13H15N3O4. The zero-order valence-corrected chi connectivity index (χ0v) is 11.0. The second kappa shape index (κ2) is 6.14. The van der Waals surface area contributed by atoms with Crippen molar-refractivity contribution >= 4 is 5.97 Å². The number of nitrogens with one attached hydrogen (secondary N) is 1. The summed E-state index contributed by atoms with van der Waals surface area (Å²) in [6, 6.07) is 1.46. The van der Waals surface area contributed by atoms with Crippen LogP contribution in [0.15, 0.2) is 21.5 Å². The van der Waals surface area contributed by atoms with Gasteiger partial charge in [0, 0.05) is 30.8 Å². The van der Waals surface area contributed by atoms with Crippen LogP contribution in [0, 0.1) is 6.92 Å². The lowest BCUT2D eigenvalue weighted by atomic mass is 10.2. The summed E-state index contributed by atoms with van der Waals surface area (Å²) < 4.78 is 5.41. The lowest BCUT2D eigenvalue weighted by molar-refractivity contribution is -0.137. The largest absolute Gasteiger partial charge is 0.481 e. The van der Waals surface area contributed by atoms with Gasteiger partial charge in [0.2, 0.25) is 5.89 Å². The van der Waals surface area contributed by atoms with Crippen molar-refractivity contribution < 1.29 is 14.3 Å². The fourth-order valence-electron chi connectivity index (χ4n) is 1.76. The van der Waals surface area contributed by atoms with Gasteiger partial charge in [0.05, 0.1) is 0 Å². The first-order valence-electron chi connectivity index (χ1n) is 6.30. The molecule has 106 valence electrons. The van der Waals surface area contributed by atoms with E-state index in [0.717, 1.165) is 5.69 Å². The minimum atomic E-state index is -0.817. The predicted octanol–water partition coefficient (Wildman–Crippen LogP) is 1.53. The number of aliphatic carboxylic acids is 1. The molecule has 0 aliphatic rings. The number of unbranched alkanes of at least 4 members (excludes halogenated alkanes) is 1. The molecule has 0 saturated heterocycles. The molecule has 0 unspecified atom stereocenters. The Balaban J connectivity index is 2.01. The topological polar surface area (TPSA) is 109 Å². The monoisotopic (exact) mass is 277 g/mol. The van der Waals surface area contributed by atoms with E-state index >= 15 is 0 Å². The Morgan fingerprint density at radius 1 is 1.40 bits per heavy atom. The van der Waals surface area contributed by atoms with Crippen molar-refractivity contribution in [3.05, 3.63) is 34.1 Å². The molecule has 7 nitrogen and oxygen atoms in total. The van der Waals surface area contributed by atoms with Crippen LogP contribution in [0.25, 0.3) is 11.5 Å². The number of carboxylic acids is 1. The van der Waals surface area contributed by atoms with Gasteiger partial charge in [-0.1, -0.05) is 0 Å². The fraction of sp³-hybridized carbons (Fsp3) is 0.385. The molecule has 0 amide bonds. The standard InChI is InChI=1S/C13H15N3O4/c1-8-6-10(17)9(7-14-8)13-16-15-11(20-13)4-2-3-5-12(18)19/h6-7H,2-5H2,1H3,(H,14,17)(H,18,19). The number of aryl methyl sites for hydroxylation is 2. The highest BCUT2D eigenvalue weighted by Crippen LogP contribution is 2.14. The lowest BCUT2D eigenvalue weighted by Crippen LogP contribution is -2.05. The number of aromatic nitrogens is 3. The van der Waals surface area contributed by atoms with E-state index in [4.69, 9.17) is 9.52 Å². The molecule has 2 rings (SSSR count). The third kappa shape index (κ3) is 3.53. The molecule has 0 saturated carbocycles. The number of hydrogen-bond donors (Lipinski definition) is 2. The van der Waals surface area contributed by atoms with E-state index in [9.17, 15) is 9.59 Å². The first-order valence-corrected chi connectivity index (χ1v) is 6.30. The van der Waals surface area contributed by atoms with Crippen LogP contribution in [-0.4, -0.2) is 26.3 Å². The summed E-state index contributed by atoms with van der Waals surface area (Å²) in [5.41, 5.74) is 0.911. The van der Waals surface area contributed by atoms with E-state index in [1.807, 2.05) is 0 Å². The maximum absolute atomic E-state index is 11.8. The van der Waals surface area contributed by atoms with E-state index in [2.05, 4.69) is 15.2 Å². The van der Waals surface area contributed by atoms with Gasteiger partial charge >= 0.3 is 5.97 Å². The van der Waals surface area contributed by atoms with Gasteiger partial charge in [-0.15, -0.1) is 10.2 Å². The molecule has 0 aromatic carbocycles. The van der Waals surface area contributed by atoms with Gasteiger partial charge in [0.25, 0.3) is 5.89 Å².